The van der Waals surface area contributed by atoms with E-state index >= 15 is 0 Å². The average Bonchev–Trinajstić information content (AvgIpc) is 2.95. The molecule has 0 fully saturated rings. The van der Waals surface area contributed by atoms with Gasteiger partial charge < -0.3 is 15.4 Å². The van der Waals surface area contributed by atoms with E-state index in [0.717, 1.165) is 39.9 Å². The first-order valence-corrected chi connectivity index (χ1v) is 7.84. The number of fused-ring (bicyclic) bond motifs is 1. The maximum absolute atomic E-state index is 12.5. The average molecular weight is 365 g/mol. The van der Waals surface area contributed by atoms with Gasteiger partial charge in [-0.1, -0.05) is 22.0 Å². The highest BCUT2D eigenvalue weighted by atomic mass is 79.9. The number of aromatic nitrogens is 2. The number of carbonyl (C=O) groups is 1. The summed E-state index contributed by atoms with van der Waals surface area (Å²) in [4.78, 5) is 12.5. The summed E-state index contributed by atoms with van der Waals surface area (Å²) in [6.45, 7) is 1.98. The fraction of sp³-hybridized carbons (Fsp3) is 0.333. The van der Waals surface area contributed by atoms with Gasteiger partial charge in [0.2, 0.25) is 0 Å². The van der Waals surface area contributed by atoms with Crippen LogP contribution >= 0.6 is 15.9 Å². The van der Waals surface area contributed by atoms with E-state index in [1.165, 1.54) is 0 Å². The Kier molecular flexibility index (Phi) is 4.56. The predicted molar refractivity (Wildman–Crippen MR) is 86.8 cm³/mol. The van der Waals surface area contributed by atoms with Gasteiger partial charge in [0.25, 0.3) is 5.91 Å². The second-order valence-corrected chi connectivity index (χ2v) is 5.96. The number of amides is 1. The largest absolute Gasteiger partial charge is 0.380 e. The van der Waals surface area contributed by atoms with Crippen LogP contribution in [0.5, 0.6) is 0 Å². The Morgan fingerprint density at radius 2 is 2.36 bits per heavy atom. The first kappa shape index (κ1) is 15.2. The van der Waals surface area contributed by atoms with Crippen LogP contribution in [0, 0.1) is 0 Å². The van der Waals surface area contributed by atoms with Crippen LogP contribution in [0.15, 0.2) is 22.7 Å². The minimum absolute atomic E-state index is 0.211. The second-order valence-electron chi connectivity index (χ2n) is 5.11. The van der Waals surface area contributed by atoms with Crippen LogP contribution in [-0.4, -0.2) is 29.8 Å². The van der Waals surface area contributed by atoms with E-state index in [0.29, 0.717) is 18.8 Å². The summed E-state index contributed by atoms with van der Waals surface area (Å²) in [7, 11) is 1.63. The highest BCUT2D eigenvalue weighted by Gasteiger charge is 2.22. The van der Waals surface area contributed by atoms with Crippen molar-refractivity contribution in [1.29, 1.82) is 0 Å². The van der Waals surface area contributed by atoms with Crippen LogP contribution in [0.3, 0.4) is 0 Å². The van der Waals surface area contributed by atoms with E-state index in [1.807, 2.05) is 18.2 Å². The third-order valence-electron chi connectivity index (χ3n) is 3.68. The first-order chi connectivity index (χ1) is 10.7. The maximum Gasteiger partial charge on any atom is 0.276 e. The van der Waals surface area contributed by atoms with Crippen molar-refractivity contribution in [3.63, 3.8) is 0 Å². The Hall–Kier alpha value is -1.70. The molecule has 2 heterocycles. The molecule has 0 unspecified atom stereocenters. The third-order valence-corrected chi connectivity index (χ3v) is 4.42. The third kappa shape index (κ3) is 2.92. The van der Waals surface area contributed by atoms with Crippen LogP contribution in [0.4, 0.5) is 5.69 Å². The summed E-state index contributed by atoms with van der Waals surface area (Å²) in [6.07, 6.45) is 0.863. The van der Waals surface area contributed by atoms with E-state index in [-0.39, 0.29) is 5.91 Å². The fourth-order valence-corrected chi connectivity index (χ4v) is 3.04. The highest BCUT2D eigenvalue weighted by Crippen LogP contribution is 2.26. The number of rotatable bonds is 4. The van der Waals surface area contributed by atoms with E-state index < -0.39 is 0 Å². The molecule has 0 spiro atoms. The monoisotopic (exact) mass is 364 g/mol. The number of carbonyl (C=O) groups excluding carboxylic acids is 1. The Balaban J connectivity index is 1.86. The molecule has 0 saturated heterocycles. The minimum Gasteiger partial charge on any atom is -0.380 e. The molecule has 1 aliphatic heterocycles. The number of methoxy groups -OCH3 is 1. The zero-order valence-electron chi connectivity index (χ0n) is 12.2. The number of H-pyrrole nitrogens is 1. The van der Waals surface area contributed by atoms with Crippen LogP contribution in [0.25, 0.3) is 0 Å². The van der Waals surface area contributed by atoms with Gasteiger partial charge in [0.1, 0.15) is 0 Å². The van der Waals surface area contributed by atoms with Gasteiger partial charge in [-0.15, -0.1) is 0 Å². The van der Waals surface area contributed by atoms with Gasteiger partial charge in [-0.05, 0) is 12.1 Å². The summed E-state index contributed by atoms with van der Waals surface area (Å²) in [5.74, 6) is -0.211. The summed E-state index contributed by atoms with van der Waals surface area (Å²) < 4.78 is 6.10. The number of aromatic amines is 1. The lowest BCUT2D eigenvalue weighted by Crippen LogP contribution is -2.25. The number of anilines is 1. The van der Waals surface area contributed by atoms with Crippen molar-refractivity contribution in [3.05, 3.63) is 45.2 Å². The zero-order chi connectivity index (χ0) is 15.5. The molecule has 0 atom stereocenters. The van der Waals surface area contributed by atoms with Gasteiger partial charge in [0, 0.05) is 53.6 Å². The van der Waals surface area contributed by atoms with Gasteiger partial charge in [-0.3, -0.25) is 9.89 Å². The standard InChI is InChI=1S/C15H17BrN4O2/c1-22-8-10-11(16)3-2-4-12(10)18-15(21)14-9-7-17-6-5-13(9)19-20-14/h2-4,17H,5-8H2,1H3,(H,18,21)(H,19,20). The van der Waals surface area contributed by atoms with E-state index in [1.54, 1.807) is 7.11 Å². The van der Waals surface area contributed by atoms with E-state index in [9.17, 15) is 4.79 Å². The Morgan fingerprint density at radius 3 is 3.18 bits per heavy atom. The molecule has 22 heavy (non-hydrogen) atoms. The first-order valence-electron chi connectivity index (χ1n) is 7.05. The molecular weight excluding hydrogens is 348 g/mol. The van der Waals surface area contributed by atoms with Crippen molar-refractivity contribution in [2.45, 2.75) is 19.6 Å². The van der Waals surface area contributed by atoms with Gasteiger partial charge in [-0.25, -0.2) is 0 Å². The molecule has 1 amide bonds. The van der Waals surface area contributed by atoms with Crippen molar-refractivity contribution in [1.82, 2.24) is 15.5 Å². The molecule has 1 aromatic carbocycles. The fourth-order valence-electron chi connectivity index (χ4n) is 2.56. The maximum atomic E-state index is 12.5. The minimum atomic E-state index is -0.211. The van der Waals surface area contributed by atoms with Gasteiger partial charge in [0.05, 0.1) is 6.61 Å². The van der Waals surface area contributed by atoms with Crippen LogP contribution in [-0.2, 0) is 24.3 Å². The quantitative estimate of drug-likeness (QED) is 0.776. The van der Waals surface area contributed by atoms with Crippen molar-refractivity contribution in [2.24, 2.45) is 0 Å². The van der Waals surface area contributed by atoms with Gasteiger partial charge in [-0.2, -0.15) is 5.10 Å². The van der Waals surface area contributed by atoms with E-state index in [4.69, 9.17) is 4.74 Å². The molecule has 1 aromatic heterocycles. The van der Waals surface area contributed by atoms with Gasteiger partial charge >= 0.3 is 0 Å². The molecule has 0 saturated carbocycles. The number of benzene rings is 1. The summed E-state index contributed by atoms with van der Waals surface area (Å²) >= 11 is 3.48. The molecule has 116 valence electrons. The Labute approximate surface area is 136 Å². The summed E-state index contributed by atoms with van der Waals surface area (Å²) in [5, 5.41) is 13.3. The number of hydrogen-bond acceptors (Lipinski definition) is 4. The number of nitrogens with zero attached hydrogens (tertiary/aromatic N) is 1. The Bertz CT molecular complexity index is 699. The van der Waals surface area contributed by atoms with Crippen molar-refractivity contribution >= 4 is 27.5 Å². The van der Waals surface area contributed by atoms with Crippen molar-refractivity contribution in [2.75, 3.05) is 19.0 Å². The highest BCUT2D eigenvalue weighted by molar-refractivity contribution is 9.10. The molecule has 3 N–H and O–H groups in total. The molecule has 0 radical (unpaired) electrons. The lowest BCUT2D eigenvalue weighted by Gasteiger charge is -2.14. The number of nitrogens with one attached hydrogen (secondary N) is 3. The smallest absolute Gasteiger partial charge is 0.276 e. The molecule has 0 bridgehead atoms. The molecule has 0 aliphatic carbocycles. The normalized spacial score (nSPS) is 13.7. The van der Waals surface area contributed by atoms with Crippen LogP contribution in [0.1, 0.15) is 27.3 Å². The van der Waals surface area contributed by atoms with E-state index in [2.05, 4.69) is 36.8 Å². The van der Waals surface area contributed by atoms with Crippen LogP contribution in [0.2, 0.25) is 0 Å². The van der Waals surface area contributed by atoms with Gasteiger partial charge in [0.15, 0.2) is 5.69 Å². The van der Waals surface area contributed by atoms with Crippen LogP contribution < -0.4 is 10.6 Å². The summed E-state index contributed by atoms with van der Waals surface area (Å²) in [5.41, 5.74) is 4.07. The van der Waals surface area contributed by atoms with Crippen molar-refractivity contribution < 1.29 is 9.53 Å². The lowest BCUT2D eigenvalue weighted by molar-refractivity contribution is 0.102. The number of halogens is 1. The molecule has 1 aliphatic rings. The SMILES string of the molecule is COCc1c(Br)cccc1NC(=O)c1n[nH]c2c1CNCC2. The molecule has 2 aromatic rings. The Morgan fingerprint density at radius 1 is 1.50 bits per heavy atom. The van der Waals surface area contributed by atoms with Crippen molar-refractivity contribution in [3.8, 4) is 0 Å². The number of ether oxygens (including phenoxy) is 1. The molecule has 6 nitrogen and oxygen atoms in total. The zero-order valence-corrected chi connectivity index (χ0v) is 13.8. The summed E-state index contributed by atoms with van der Waals surface area (Å²) in [6, 6.07) is 5.65. The second kappa shape index (κ2) is 6.60. The predicted octanol–water partition coefficient (Wildman–Crippen LogP) is 2.22. The molecule has 3 rings (SSSR count). The molecular formula is C15H17BrN4O2. The lowest BCUT2D eigenvalue weighted by atomic mass is 10.1. The topological polar surface area (TPSA) is 79.0 Å². The molecule has 7 heteroatoms. The number of hydrogen-bond donors (Lipinski definition) is 3.